The number of fused-ring (bicyclic) bond motifs is 1. The summed E-state index contributed by atoms with van der Waals surface area (Å²) in [5, 5.41) is 23.5. The Hall–Kier alpha value is -3.58. The van der Waals surface area contributed by atoms with Crippen molar-refractivity contribution in [2.24, 2.45) is 10.2 Å². The van der Waals surface area contributed by atoms with E-state index in [0.29, 0.717) is 12.2 Å². The third-order valence-electron chi connectivity index (χ3n) is 5.32. The van der Waals surface area contributed by atoms with E-state index in [1.54, 1.807) is 16.7 Å². The minimum Gasteiger partial charge on any atom is -0.493 e. The van der Waals surface area contributed by atoms with Gasteiger partial charge in [0, 0.05) is 11.1 Å². The first-order valence-electron chi connectivity index (χ1n) is 10.2. The zero-order valence-electron chi connectivity index (χ0n) is 18.1. The van der Waals surface area contributed by atoms with Gasteiger partial charge >= 0.3 is 0 Å². The van der Waals surface area contributed by atoms with E-state index in [4.69, 9.17) is 12.2 Å². The van der Waals surface area contributed by atoms with Gasteiger partial charge in [-0.2, -0.15) is 0 Å². The lowest BCUT2D eigenvalue weighted by atomic mass is 10.1. The monoisotopic (exact) mass is 446 g/mol. The lowest BCUT2D eigenvalue weighted by Gasteiger charge is -2.12. The lowest BCUT2D eigenvalue weighted by Crippen LogP contribution is -2.08. The van der Waals surface area contributed by atoms with Crippen LogP contribution in [0, 0.1) is 26.6 Å². The second-order valence-corrected chi connectivity index (χ2v) is 8.19. The fraction of sp³-hybridized carbons (Fsp3) is 0.160. The molecule has 7 heteroatoms. The molecule has 0 unspecified atom stereocenters. The van der Waals surface area contributed by atoms with Gasteiger partial charge in [0.05, 0.1) is 12.1 Å². The van der Waals surface area contributed by atoms with Crippen molar-refractivity contribution in [1.29, 1.82) is 0 Å². The molecule has 1 heterocycles. The van der Waals surface area contributed by atoms with Crippen LogP contribution in [0.25, 0.3) is 10.9 Å². The van der Waals surface area contributed by atoms with Gasteiger partial charge < -0.3 is 15.0 Å². The second kappa shape index (κ2) is 8.88. The van der Waals surface area contributed by atoms with Crippen LogP contribution in [0.3, 0.4) is 0 Å². The number of benzene rings is 3. The molecule has 4 aromatic rings. The molecule has 0 saturated heterocycles. The molecule has 0 saturated carbocycles. The number of nitrogens with one attached hydrogen (secondary N) is 1. The van der Waals surface area contributed by atoms with Crippen molar-refractivity contribution in [3.8, 4) is 5.88 Å². The molecule has 0 amide bonds. The summed E-state index contributed by atoms with van der Waals surface area (Å²) in [6, 6.07) is 17.9. The normalized spacial score (nSPS) is 11.4. The molecule has 32 heavy (non-hydrogen) atoms. The van der Waals surface area contributed by atoms with Gasteiger partial charge in [0.15, 0.2) is 5.69 Å². The third kappa shape index (κ3) is 4.38. The predicted octanol–water partition coefficient (Wildman–Crippen LogP) is 6.94. The second-order valence-electron chi connectivity index (χ2n) is 7.81. The van der Waals surface area contributed by atoms with E-state index in [-0.39, 0.29) is 16.8 Å². The molecule has 0 aliphatic rings. The minimum absolute atomic E-state index is 0.0234. The van der Waals surface area contributed by atoms with Crippen LogP contribution in [-0.4, -0.2) is 14.8 Å². The first kappa shape index (κ1) is 21.6. The number of azo groups is 1. The number of rotatable bonds is 4. The molecule has 0 radical (unpaired) electrons. The van der Waals surface area contributed by atoms with Crippen LogP contribution in [0.1, 0.15) is 22.3 Å². The minimum atomic E-state index is -0.301. The molecule has 3 aromatic carbocycles. The molecule has 1 aromatic heterocycles. The van der Waals surface area contributed by atoms with Gasteiger partial charge in [-0.15, -0.1) is 10.2 Å². The van der Waals surface area contributed by atoms with Gasteiger partial charge in [0.25, 0.3) is 0 Å². The highest BCUT2D eigenvalue weighted by molar-refractivity contribution is 7.80. The molecule has 0 aliphatic carbocycles. The highest BCUT2D eigenvalue weighted by Crippen LogP contribution is 2.39. The topological polar surface area (TPSA) is 61.9 Å². The van der Waals surface area contributed by atoms with Crippen molar-refractivity contribution in [2.75, 3.05) is 5.32 Å². The number of nitrogens with zero attached hydrogens (tertiary/aromatic N) is 3. The van der Waals surface area contributed by atoms with Crippen LogP contribution in [0.4, 0.5) is 15.8 Å². The van der Waals surface area contributed by atoms with E-state index in [2.05, 4.69) is 27.7 Å². The van der Waals surface area contributed by atoms with Crippen LogP contribution in [0.2, 0.25) is 0 Å². The maximum absolute atomic E-state index is 13.3. The Balaban J connectivity index is 1.64. The van der Waals surface area contributed by atoms with Gasteiger partial charge in [-0.25, -0.2) is 4.39 Å². The molecule has 0 fully saturated rings. The zero-order valence-corrected chi connectivity index (χ0v) is 18.9. The molecule has 0 bridgehead atoms. The Bertz CT molecular complexity index is 1320. The number of aromatic nitrogens is 1. The molecule has 0 spiro atoms. The molecule has 2 N–H and O–H groups in total. The molecule has 162 valence electrons. The van der Waals surface area contributed by atoms with E-state index in [1.165, 1.54) is 17.7 Å². The van der Waals surface area contributed by atoms with Crippen LogP contribution in [-0.2, 0) is 6.54 Å². The van der Waals surface area contributed by atoms with Crippen LogP contribution < -0.4 is 5.32 Å². The number of halogens is 1. The molecule has 0 atom stereocenters. The number of aromatic hydroxyl groups is 1. The van der Waals surface area contributed by atoms with Crippen molar-refractivity contribution < 1.29 is 9.50 Å². The maximum atomic E-state index is 13.3. The Labute approximate surface area is 191 Å². The summed E-state index contributed by atoms with van der Waals surface area (Å²) in [7, 11) is 0. The van der Waals surface area contributed by atoms with Crippen LogP contribution in [0.5, 0.6) is 5.88 Å². The van der Waals surface area contributed by atoms with Gasteiger partial charge in [-0.1, -0.05) is 48.0 Å². The molecular formula is C25H23FN4OS. The zero-order chi connectivity index (χ0) is 22.8. The average Bonchev–Trinajstić information content (AvgIpc) is 3.02. The average molecular weight is 447 g/mol. The van der Waals surface area contributed by atoms with Crippen LogP contribution >= 0.6 is 12.2 Å². The summed E-state index contributed by atoms with van der Waals surface area (Å²) in [6.07, 6.45) is 0. The Morgan fingerprint density at radius 2 is 1.69 bits per heavy atom. The van der Waals surface area contributed by atoms with Crippen molar-refractivity contribution in [2.45, 2.75) is 27.3 Å². The highest BCUT2D eigenvalue weighted by Gasteiger charge is 2.17. The molecule has 5 nitrogen and oxygen atoms in total. The number of thiocarbonyl (C=S) groups is 1. The van der Waals surface area contributed by atoms with E-state index in [0.717, 1.165) is 33.3 Å². The molecule has 4 rings (SSSR count). The number of hydrogen-bond acceptors (Lipinski definition) is 3. The first-order valence-corrected chi connectivity index (χ1v) is 10.6. The maximum Gasteiger partial charge on any atom is 0.221 e. The fourth-order valence-corrected chi connectivity index (χ4v) is 4.05. The summed E-state index contributed by atoms with van der Waals surface area (Å²) in [5.74, 6) is -0.324. The van der Waals surface area contributed by atoms with E-state index < -0.39 is 0 Å². The Morgan fingerprint density at radius 3 is 2.38 bits per heavy atom. The van der Waals surface area contributed by atoms with E-state index in [1.807, 2.05) is 45.0 Å². The van der Waals surface area contributed by atoms with Crippen molar-refractivity contribution in [3.05, 3.63) is 88.7 Å². The number of para-hydroxylation sites is 1. The highest BCUT2D eigenvalue weighted by atomic mass is 32.1. The SMILES string of the molecule is Cc1cc(C)c(NC(=S)N=Nc2c(O)n(Cc3ccc(F)cc3)c3ccccc23)c(C)c1. The van der Waals surface area contributed by atoms with E-state index in [9.17, 15) is 9.50 Å². The summed E-state index contributed by atoms with van der Waals surface area (Å²) in [5.41, 5.74) is 6.21. The summed E-state index contributed by atoms with van der Waals surface area (Å²) < 4.78 is 15.0. The van der Waals surface area contributed by atoms with Crippen molar-refractivity contribution >= 4 is 39.6 Å². The number of anilines is 1. The fourth-order valence-electron chi connectivity index (χ4n) is 3.91. The van der Waals surface area contributed by atoms with Gasteiger partial charge in [-0.3, -0.25) is 0 Å². The Kier molecular flexibility index (Phi) is 6.01. The van der Waals surface area contributed by atoms with Gasteiger partial charge in [-0.05, 0) is 67.9 Å². The predicted molar refractivity (Wildman–Crippen MR) is 130 cm³/mol. The van der Waals surface area contributed by atoms with Crippen LogP contribution in [0.15, 0.2) is 70.9 Å². The Morgan fingerprint density at radius 1 is 1.03 bits per heavy atom. The standard InChI is InChI=1S/C25H23FN4OS/c1-15-12-16(2)22(17(3)13-15)27-25(32)29-28-23-20-6-4-5-7-21(20)30(24(23)31)14-18-8-10-19(26)11-9-18/h4-13,31H,14H2,1-3H3,(H,27,32). The van der Waals surface area contributed by atoms with E-state index >= 15 is 0 Å². The summed E-state index contributed by atoms with van der Waals surface area (Å²) in [6.45, 7) is 6.44. The first-order chi connectivity index (χ1) is 15.3. The van der Waals surface area contributed by atoms with Gasteiger partial charge in [0.1, 0.15) is 5.82 Å². The van der Waals surface area contributed by atoms with Gasteiger partial charge in [0.2, 0.25) is 11.0 Å². The largest absolute Gasteiger partial charge is 0.493 e. The summed E-state index contributed by atoms with van der Waals surface area (Å²) in [4.78, 5) is 0. The molecular weight excluding hydrogens is 423 g/mol. The third-order valence-corrected chi connectivity index (χ3v) is 5.50. The number of hydrogen-bond donors (Lipinski definition) is 2. The number of aryl methyl sites for hydroxylation is 3. The quantitative estimate of drug-likeness (QED) is 0.264. The van der Waals surface area contributed by atoms with Crippen molar-refractivity contribution in [3.63, 3.8) is 0 Å². The van der Waals surface area contributed by atoms with Crippen molar-refractivity contribution in [1.82, 2.24) is 4.57 Å². The smallest absolute Gasteiger partial charge is 0.221 e. The lowest BCUT2D eigenvalue weighted by molar-refractivity contribution is 0.429. The summed E-state index contributed by atoms with van der Waals surface area (Å²) >= 11 is 5.38. The molecule has 0 aliphatic heterocycles.